The first-order valence-corrected chi connectivity index (χ1v) is 13.4. The number of nitrogens with zero attached hydrogens (tertiary/aromatic N) is 1. The second-order valence-corrected chi connectivity index (χ2v) is 9.98. The van der Waals surface area contributed by atoms with Crippen molar-refractivity contribution in [1.29, 1.82) is 0 Å². The highest BCUT2D eigenvalue weighted by Crippen LogP contribution is 2.43. The Kier molecular flexibility index (Phi) is 8.19. The molecule has 1 aromatic heterocycles. The molecule has 3 unspecified atom stereocenters. The van der Waals surface area contributed by atoms with E-state index in [1.165, 1.54) is 16.8 Å². The maximum absolute atomic E-state index is 12.3. The zero-order chi connectivity index (χ0) is 28.1. The molecular weight excluding hydrogens is 508 g/mol. The van der Waals surface area contributed by atoms with Crippen LogP contribution < -0.4 is 20.7 Å². The van der Waals surface area contributed by atoms with Gasteiger partial charge in [-0.15, -0.1) is 0 Å². The molecule has 0 radical (unpaired) electrons. The van der Waals surface area contributed by atoms with Gasteiger partial charge in [0.1, 0.15) is 23.3 Å². The fraction of sp³-hybridized carbons (Fsp3) is 0.312. The van der Waals surface area contributed by atoms with E-state index < -0.39 is 23.1 Å². The fourth-order valence-corrected chi connectivity index (χ4v) is 5.47. The van der Waals surface area contributed by atoms with Crippen molar-refractivity contribution in [1.82, 2.24) is 9.55 Å². The van der Waals surface area contributed by atoms with Gasteiger partial charge in [-0.2, -0.15) is 0 Å². The fourth-order valence-electron chi connectivity index (χ4n) is 5.47. The molecule has 0 bridgehead atoms. The molecule has 1 saturated heterocycles. The second kappa shape index (κ2) is 11.9. The Morgan fingerprint density at radius 1 is 0.850 bits per heavy atom. The summed E-state index contributed by atoms with van der Waals surface area (Å²) in [5.41, 5.74) is 1.09. The zero-order valence-corrected chi connectivity index (χ0v) is 22.9. The van der Waals surface area contributed by atoms with Gasteiger partial charge >= 0.3 is 5.69 Å². The molecule has 208 valence electrons. The number of aromatic amines is 1. The average Bonchev–Trinajstić information content (AvgIpc) is 3.44. The second-order valence-electron chi connectivity index (χ2n) is 9.98. The molecule has 8 nitrogen and oxygen atoms in total. The summed E-state index contributed by atoms with van der Waals surface area (Å²) in [6.45, 7) is 2.05. The van der Waals surface area contributed by atoms with Gasteiger partial charge in [-0.25, -0.2) is 4.79 Å². The highest BCUT2D eigenvalue weighted by Gasteiger charge is 2.40. The maximum Gasteiger partial charge on any atom is 0.330 e. The standard InChI is InChI=1S/C32H34N2O6/c1-22(21-28-17-18-30(39-28)34-20-19-29(35)33-31(34)36)40-32(23-7-5-4-6-8-23,24-9-13-26(37-2)14-10-24)25-11-15-27(38-3)16-12-25/h4-16,19-20,22,28,30H,17-18,21H2,1-3H3,(H,33,35,36). The molecular formula is C32H34N2O6. The van der Waals surface area contributed by atoms with Gasteiger partial charge in [0, 0.05) is 12.3 Å². The molecule has 1 aliphatic rings. The number of H-pyrrole nitrogens is 1. The third-order valence-electron chi connectivity index (χ3n) is 7.39. The first-order chi connectivity index (χ1) is 19.4. The van der Waals surface area contributed by atoms with E-state index in [9.17, 15) is 9.59 Å². The number of hydrogen-bond acceptors (Lipinski definition) is 6. The highest BCUT2D eigenvalue weighted by atomic mass is 16.5. The van der Waals surface area contributed by atoms with Gasteiger partial charge < -0.3 is 18.9 Å². The SMILES string of the molecule is COc1ccc(C(OC(C)CC2CCC(n3ccc(=O)[nH]c3=O)O2)(c2ccccc2)c2ccc(OC)cc2)cc1. The minimum atomic E-state index is -0.924. The number of rotatable bonds is 10. The Labute approximate surface area is 233 Å². The summed E-state index contributed by atoms with van der Waals surface area (Å²) in [4.78, 5) is 26.1. The molecule has 0 amide bonds. The van der Waals surface area contributed by atoms with Gasteiger partial charge in [0.05, 0.1) is 26.4 Å². The smallest absolute Gasteiger partial charge is 0.330 e. The topological polar surface area (TPSA) is 91.8 Å². The monoisotopic (exact) mass is 542 g/mol. The van der Waals surface area contributed by atoms with Crippen LogP contribution in [0.3, 0.4) is 0 Å². The van der Waals surface area contributed by atoms with Crippen LogP contribution in [0.1, 0.15) is 49.1 Å². The molecule has 0 saturated carbocycles. The number of benzene rings is 3. The number of ether oxygens (including phenoxy) is 4. The predicted octanol–water partition coefficient (Wildman–Crippen LogP) is 5.02. The van der Waals surface area contributed by atoms with Crippen LogP contribution in [0, 0.1) is 0 Å². The Morgan fingerprint density at radius 3 is 1.98 bits per heavy atom. The summed E-state index contributed by atoms with van der Waals surface area (Å²) in [5.74, 6) is 1.52. The van der Waals surface area contributed by atoms with E-state index in [0.29, 0.717) is 12.8 Å². The van der Waals surface area contributed by atoms with Crippen molar-refractivity contribution in [3.05, 3.63) is 129 Å². The van der Waals surface area contributed by atoms with Crippen molar-refractivity contribution in [2.24, 2.45) is 0 Å². The molecule has 1 fully saturated rings. The molecule has 8 heteroatoms. The third-order valence-corrected chi connectivity index (χ3v) is 7.39. The lowest BCUT2D eigenvalue weighted by Crippen LogP contribution is -2.37. The van der Waals surface area contributed by atoms with Crippen molar-refractivity contribution >= 4 is 0 Å². The predicted molar refractivity (Wildman–Crippen MR) is 152 cm³/mol. The van der Waals surface area contributed by atoms with E-state index in [1.54, 1.807) is 14.2 Å². The van der Waals surface area contributed by atoms with E-state index in [4.69, 9.17) is 18.9 Å². The molecule has 40 heavy (non-hydrogen) atoms. The molecule has 0 aliphatic carbocycles. The van der Waals surface area contributed by atoms with E-state index in [2.05, 4.69) is 17.1 Å². The zero-order valence-electron chi connectivity index (χ0n) is 22.9. The van der Waals surface area contributed by atoms with Gasteiger partial charge in [-0.1, -0.05) is 54.6 Å². The number of nitrogens with one attached hydrogen (secondary N) is 1. The van der Waals surface area contributed by atoms with Crippen LogP contribution >= 0.6 is 0 Å². The van der Waals surface area contributed by atoms with E-state index in [1.807, 2.05) is 73.7 Å². The van der Waals surface area contributed by atoms with Crippen molar-refractivity contribution in [3.8, 4) is 11.5 Å². The molecule has 2 heterocycles. The number of hydrogen-bond donors (Lipinski definition) is 1. The lowest BCUT2D eigenvalue weighted by atomic mass is 9.79. The van der Waals surface area contributed by atoms with Crippen LogP contribution in [0.2, 0.25) is 0 Å². The van der Waals surface area contributed by atoms with Crippen molar-refractivity contribution in [3.63, 3.8) is 0 Å². The maximum atomic E-state index is 12.3. The summed E-state index contributed by atoms with van der Waals surface area (Å²) in [7, 11) is 3.30. The van der Waals surface area contributed by atoms with Gasteiger partial charge in [-0.05, 0) is 67.1 Å². The Morgan fingerprint density at radius 2 is 1.43 bits per heavy atom. The van der Waals surface area contributed by atoms with Crippen LogP contribution in [0.5, 0.6) is 11.5 Å². The van der Waals surface area contributed by atoms with Gasteiger partial charge in [0.2, 0.25) is 0 Å². The molecule has 1 N–H and O–H groups in total. The third kappa shape index (κ3) is 5.59. The molecule has 3 atom stereocenters. The summed E-state index contributed by atoms with van der Waals surface area (Å²) < 4.78 is 25.7. The van der Waals surface area contributed by atoms with Crippen LogP contribution in [0.25, 0.3) is 0 Å². The van der Waals surface area contributed by atoms with Crippen molar-refractivity contribution in [2.45, 2.75) is 50.2 Å². The van der Waals surface area contributed by atoms with Crippen molar-refractivity contribution < 1.29 is 18.9 Å². The van der Waals surface area contributed by atoms with E-state index in [0.717, 1.165) is 34.6 Å². The van der Waals surface area contributed by atoms with E-state index in [-0.39, 0.29) is 12.2 Å². The molecule has 3 aromatic carbocycles. The highest BCUT2D eigenvalue weighted by molar-refractivity contribution is 5.49. The first kappa shape index (κ1) is 27.4. The summed E-state index contributed by atoms with van der Waals surface area (Å²) in [6.07, 6.45) is 2.79. The van der Waals surface area contributed by atoms with Crippen LogP contribution in [-0.2, 0) is 15.1 Å². The van der Waals surface area contributed by atoms with Crippen LogP contribution in [0.4, 0.5) is 0 Å². The first-order valence-electron chi connectivity index (χ1n) is 13.4. The summed E-state index contributed by atoms with van der Waals surface area (Å²) in [6, 6.07) is 27.4. The number of aromatic nitrogens is 2. The lowest BCUT2D eigenvalue weighted by Gasteiger charge is -2.39. The van der Waals surface area contributed by atoms with Crippen molar-refractivity contribution in [2.75, 3.05) is 14.2 Å². The Bertz CT molecular complexity index is 1460. The van der Waals surface area contributed by atoms with Gasteiger partial charge in [-0.3, -0.25) is 14.3 Å². The minimum Gasteiger partial charge on any atom is -0.497 e. The van der Waals surface area contributed by atoms with Gasteiger partial charge in [0.25, 0.3) is 5.56 Å². The average molecular weight is 543 g/mol. The van der Waals surface area contributed by atoms with Gasteiger partial charge in [0.15, 0.2) is 0 Å². The molecule has 1 aliphatic heterocycles. The van der Waals surface area contributed by atoms with E-state index >= 15 is 0 Å². The van der Waals surface area contributed by atoms with Crippen LogP contribution in [-0.4, -0.2) is 36.0 Å². The quantitative estimate of drug-likeness (QED) is 0.283. The Balaban J connectivity index is 1.48. The molecule has 0 spiro atoms. The molecule has 5 rings (SSSR count). The molecule has 4 aromatic rings. The lowest BCUT2D eigenvalue weighted by molar-refractivity contribution is -0.0751. The summed E-state index contributed by atoms with van der Waals surface area (Å²) >= 11 is 0. The van der Waals surface area contributed by atoms with Crippen LogP contribution in [0.15, 0.2) is 101 Å². The number of methoxy groups -OCH3 is 2. The largest absolute Gasteiger partial charge is 0.497 e. The minimum absolute atomic E-state index is 0.112. The normalized spacial score (nSPS) is 17.9. The Hall–Kier alpha value is -4.14. The summed E-state index contributed by atoms with van der Waals surface area (Å²) in [5, 5.41) is 0.